The van der Waals surface area contributed by atoms with Gasteiger partial charge in [0.2, 0.25) is 0 Å². The molecule has 144 valence electrons. The van der Waals surface area contributed by atoms with E-state index in [2.05, 4.69) is 94.1 Å². The van der Waals surface area contributed by atoms with E-state index < -0.39 is 8.07 Å². The van der Waals surface area contributed by atoms with Crippen molar-refractivity contribution < 1.29 is 4.74 Å². The van der Waals surface area contributed by atoms with Gasteiger partial charge in [0, 0.05) is 0 Å². The van der Waals surface area contributed by atoms with Crippen LogP contribution in [0.5, 0.6) is 0 Å². The first-order chi connectivity index (χ1) is 13.2. The van der Waals surface area contributed by atoms with Crippen molar-refractivity contribution in [1.82, 2.24) is 0 Å². The maximum absolute atomic E-state index is 6.84. The molecule has 27 heavy (non-hydrogen) atoms. The van der Waals surface area contributed by atoms with Crippen molar-refractivity contribution in [2.45, 2.75) is 57.2 Å². The summed E-state index contributed by atoms with van der Waals surface area (Å²) in [6, 6.07) is 25.0. The molecular weight excluding hydrogens is 344 g/mol. The lowest BCUT2D eigenvalue weighted by Gasteiger charge is -2.39. The van der Waals surface area contributed by atoms with Crippen LogP contribution in [0, 0.1) is 0 Å². The highest BCUT2D eigenvalue weighted by Crippen LogP contribution is 2.38. The summed E-state index contributed by atoms with van der Waals surface area (Å²) in [5, 5.41) is 0. The molecule has 2 aromatic rings. The van der Waals surface area contributed by atoms with Crippen molar-refractivity contribution >= 4 is 14.1 Å². The predicted molar refractivity (Wildman–Crippen MR) is 122 cm³/mol. The van der Waals surface area contributed by atoms with Gasteiger partial charge < -0.3 is 4.74 Å². The van der Waals surface area contributed by atoms with Crippen molar-refractivity contribution in [2.24, 2.45) is 0 Å². The molecule has 0 heterocycles. The van der Waals surface area contributed by atoms with Gasteiger partial charge in [-0.25, -0.2) is 0 Å². The topological polar surface area (TPSA) is 9.23 Å². The zero-order valence-electron chi connectivity index (χ0n) is 17.1. The van der Waals surface area contributed by atoms with Crippen LogP contribution in [0.2, 0.25) is 18.1 Å². The minimum Gasteiger partial charge on any atom is -0.369 e. The monoisotopic (exact) mass is 378 g/mol. The van der Waals surface area contributed by atoms with Gasteiger partial charge in [-0.15, -0.1) is 6.58 Å². The van der Waals surface area contributed by atoms with Crippen molar-refractivity contribution in [2.75, 3.05) is 0 Å². The van der Waals surface area contributed by atoms with E-state index in [1.807, 2.05) is 12.1 Å². The zero-order chi connectivity index (χ0) is 19.5. The standard InChI is InChI=1S/C25H34OSi/c1-5-15-24(21-20-22-16-11-9-12-17-22)26-25(23-18-13-10-14-19-23)27(6-2,7-3)8-4/h5,9-14,16-21,24-25H,1,6-8,15H2,2-4H3/b21-20+/t24-,25-/m0/s1. The minimum absolute atomic E-state index is 0.0458. The summed E-state index contributed by atoms with van der Waals surface area (Å²) in [5.41, 5.74) is 2.75. The van der Waals surface area contributed by atoms with Gasteiger partial charge in [-0.05, 0) is 17.5 Å². The van der Waals surface area contributed by atoms with Crippen molar-refractivity contribution in [3.05, 3.63) is 90.5 Å². The summed E-state index contributed by atoms with van der Waals surface area (Å²) >= 11 is 0. The van der Waals surface area contributed by atoms with Crippen LogP contribution in [0.15, 0.2) is 79.4 Å². The molecule has 0 N–H and O–H groups in total. The third kappa shape index (κ3) is 5.79. The molecule has 0 saturated heterocycles. The number of ether oxygens (including phenoxy) is 1. The lowest BCUT2D eigenvalue weighted by molar-refractivity contribution is 0.0545. The molecule has 0 bridgehead atoms. The second-order valence-corrected chi connectivity index (χ2v) is 12.6. The molecule has 0 aromatic heterocycles. The summed E-state index contributed by atoms with van der Waals surface area (Å²) in [7, 11) is -1.58. The molecular formula is C25H34OSi. The smallest absolute Gasteiger partial charge is 0.0926 e. The fourth-order valence-electron chi connectivity index (χ4n) is 3.81. The molecule has 0 amide bonds. The van der Waals surface area contributed by atoms with Gasteiger partial charge in [0.15, 0.2) is 0 Å². The van der Waals surface area contributed by atoms with E-state index in [0.717, 1.165) is 6.42 Å². The molecule has 2 aromatic carbocycles. The lowest BCUT2D eigenvalue weighted by Crippen LogP contribution is -2.42. The van der Waals surface area contributed by atoms with Crippen molar-refractivity contribution in [1.29, 1.82) is 0 Å². The van der Waals surface area contributed by atoms with E-state index in [1.54, 1.807) is 0 Å². The molecule has 2 atom stereocenters. The molecule has 0 aliphatic carbocycles. The first-order valence-electron chi connectivity index (χ1n) is 10.2. The van der Waals surface area contributed by atoms with E-state index in [-0.39, 0.29) is 11.8 Å². The van der Waals surface area contributed by atoms with E-state index in [1.165, 1.54) is 29.3 Å². The van der Waals surface area contributed by atoms with Crippen LogP contribution in [0.3, 0.4) is 0 Å². The van der Waals surface area contributed by atoms with Gasteiger partial charge >= 0.3 is 0 Å². The second kappa shape index (κ2) is 11.1. The Hall–Kier alpha value is -1.90. The summed E-state index contributed by atoms with van der Waals surface area (Å²) in [5.74, 6) is 0. The average molecular weight is 379 g/mol. The molecule has 0 fully saturated rings. The van der Waals surface area contributed by atoms with Crippen LogP contribution in [-0.4, -0.2) is 14.2 Å². The van der Waals surface area contributed by atoms with Crippen LogP contribution in [0.4, 0.5) is 0 Å². The van der Waals surface area contributed by atoms with Crippen LogP contribution in [0.1, 0.15) is 44.0 Å². The summed E-state index contributed by atoms with van der Waals surface area (Å²) < 4.78 is 6.84. The van der Waals surface area contributed by atoms with E-state index >= 15 is 0 Å². The number of benzene rings is 2. The highest BCUT2D eigenvalue weighted by molar-refractivity contribution is 6.80. The number of rotatable bonds is 11. The van der Waals surface area contributed by atoms with Gasteiger partial charge in [0.05, 0.1) is 19.9 Å². The van der Waals surface area contributed by atoms with Gasteiger partial charge in [-0.2, -0.15) is 0 Å². The van der Waals surface area contributed by atoms with Crippen molar-refractivity contribution in [3.8, 4) is 0 Å². The molecule has 0 aliphatic rings. The zero-order valence-corrected chi connectivity index (χ0v) is 18.1. The average Bonchev–Trinajstić information content (AvgIpc) is 2.74. The first kappa shape index (κ1) is 21.4. The quantitative estimate of drug-likeness (QED) is 0.291. The largest absolute Gasteiger partial charge is 0.369 e. The Kier molecular flexibility index (Phi) is 8.76. The second-order valence-electron chi connectivity index (χ2n) is 7.18. The maximum atomic E-state index is 6.84. The van der Waals surface area contributed by atoms with Crippen LogP contribution < -0.4 is 0 Å². The normalized spacial score (nSPS) is 14.2. The molecule has 2 heteroatoms. The molecule has 0 aliphatic heterocycles. The van der Waals surface area contributed by atoms with Gasteiger partial charge in [-0.3, -0.25) is 0 Å². The Morgan fingerprint density at radius 3 is 1.96 bits per heavy atom. The maximum Gasteiger partial charge on any atom is 0.0926 e. The highest BCUT2D eigenvalue weighted by Gasteiger charge is 2.39. The lowest BCUT2D eigenvalue weighted by atomic mass is 10.1. The van der Waals surface area contributed by atoms with Crippen LogP contribution in [0.25, 0.3) is 6.08 Å². The number of hydrogen-bond acceptors (Lipinski definition) is 1. The van der Waals surface area contributed by atoms with E-state index in [4.69, 9.17) is 4.74 Å². The Morgan fingerprint density at radius 1 is 0.889 bits per heavy atom. The Bertz CT molecular complexity index is 681. The molecule has 0 saturated carbocycles. The predicted octanol–water partition coefficient (Wildman–Crippen LogP) is 7.45. The molecule has 2 rings (SSSR count). The van der Waals surface area contributed by atoms with Gasteiger partial charge in [-0.1, -0.05) is 118 Å². The van der Waals surface area contributed by atoms with Crippen LogP contribution >= 0.6 is 0 Å². The SMILES string of the molecule is C=CC[C@@H](/C=C/c1ccccc1)O[C@H](c1ccccc1)[Si](CC)(CC)CC. The third-order valence-electron chi connectivity index (χ3n) is 5.78. The Balaban J connectivity index is 2.32. The Labute approximate surface area is 166 Å². The van der Waals surface area contributed by atoms with Crippen molar-refractivity contribution in [3.63, 3.8) is 0 Å². The fraction of sp³-hybridized carbons (Fsp3) is 0.360. The van der Waals surface area contributed by atoms with Gasteiger partial charge in [0.1, 0.15) is 0 Å². The summed E-state index contributed by atoms with van der Waals surface area (Å²) in [6.07, 6.45) is 7.21. The third-order valence-corrected chi connectivity index (χ3v) is 11.6. The van der Waals surface area contributed by atoms with E-state index in [0.29, 0.717) is 0 Å². The van der Waals surface area contributed by atoms with Crippen LogP contribution in [-0.2, 0) is 4.74 Å². The fourth-order valence-corrected chi connectivity index (χ4v) is 7.79. The van der Waals surface area contributed by atoms with Gasteiger partial charge in [0.25, 0.3) is 0 Å². The van der Waals surface area contributed by atoms with E-state index in [9.17, 15) is 0 Å². The summed E-state index contributed by atoms with van der Waals surface area (Å²) in [4.78, 5) is 0. The molecule has 0 unspecified atom stereocenters. The first-order valence-corrected chi connectivity index (χ1v) is 12.9. The highest BCUT2D eigenvalue weighted by atomic mass is 28.3. The molecule has 1 nitrogen and oxygen atoms in total. The summed E-state index contributed by atoms with van der Waals surface area (Å²) in [6.45, 7) is 11.0. The number of hydrogen-bond donors (Lipinski definition) is 0. The minimum atomic E-state index is -1.58. The molecule has 0 spiro atoms. The molecule has 0 radical (unpaired) electrons. The Morgan fingerprint density at radius 2 is 1.44 bits per heavy atom.